The van der Waals surface area contributed by atoms with Crippen molar-refractivity contribution in [1.82, 2.24) is 4.90 Å². The summed E-state index contributed by atoms with van der Waals surface area (Å²) in [4.78, 5) is 16.1. The molecule has 1 fully saturated rings. The van der Waals surface area contributed by atoms with Gasteiger partial charge >= 0.3 is 227 Å². The summed E-state index contributed by atoms with van der Waals surface area (Å²) in [5.74, 6) is 0.343. The Kier molecular flexibility index (Phi) is 10.6. The van der Waals surface area contributed by atoms with Crippen LogP contribution in [0.5, 0.6) is 0 Å². The Hall–Kier alpha value is -0.751. The molecule has 5 heteroatoms. The fourth-order valence-corrected chi connectivity index (χ4v) is 25.0. The van der Waals surface area contributed by atoms with Gasteiger partial charge in [0.15, 0.2) is 0 Å². The number of benzene rings is 1. The fraction of sp³-hybridized carbons (Fsp3) is 0.774. The van der Waals surface area contributed by atoms with Gasteiger partial charge in [-0.15, -0.1) is 0 Å². The van der Waals surface area contributed by atoms with Crippen molar-refractivity contribution in [2.75, 3.05) is 6.61 Å². The number of hydrogen-bond acceptors (Lipinski definition) is 3. The maximum absolute atomic E-state index is 14.2. The first kappa shape index (κ1) is 29.8. The zero-order valence-electron chi connectivity index (χ0n) is 24.3. The van der Waals surface area contributed by atoms with Gasteiger partial charge in [0, 0.05) is 0 Å². The molecule has 1 aliphatic carbocycles. The number of hydrogen-bond donors (Lipinski definition) is 0. The van der Waals surface area contributed by atoms with Crippen molar-refractivity contribution in [2.24, 2.45) is 0 Å². The van der Waals surface area contributed by atoms with E-state index in [2.05, 4.69) is 58.9 Å². The van der Waals surface area contributed by atoms with Crippen molar-refractivity contribution in [3.63, 3.8) is 0 Å². The second-order valence-corrected chi connectivity index (χ2v) is 26.2. The molecule has 2 atom stereocenters. The molecule has 0 aromatic heterocycles. The zero-order chi connectivity index (χ0) is 26.4. The van der Waals surface area contributed by atoms with Gasteiger partial charge in [-0.05, 0) is 0 Å². The van der Waals surface area contributed by atoms with Crippen LogP contribution in [-0.2, 0) is 15.9 Å². The van der Waals surface area contributed by atoms with Crippen molar-refractivity contribution in [3.8, 4) is 0 Å². The summed E-state index contributed by atoms with van der Waals surface area (Å²) in [6, 6.07) is 9.01. The number of rotatable bonds is 12. The van der Waals surface area contributed by atoms with Crippen LogP contribution in [0.15, 0.2) is 24.3 Å². The average molecular weight is 606 g/mol. The van der Waals surface area contributed by atoms with Gasteiger partial charge in [-0.1, -0.05) is 0 Å². The number of carbonyl (C=O) groups is 1. The number of unbranched alkanes of at least 4 members (excludes halogenated alkanes) is 3. The Balaban J connectivity index is 2.09. The molecular formula is C31H53NO3Sn. The SMILES string of the molecule is CCC[CH2][Sn]([CH2]CCC)([CH2]CCC)[C@H](OC(=O)N1C(C)(C)COC1(C)C)[C@H]1CCCc2ccccc21. The van der Waals surface area contributed by atoms with E-state index in [1.165, 1.54) is 69.4 Å². The first-order valence-corrected chi connectivity index (χ1v) is 22.5. The Bertz CT molecular complexity index is 814. The molecule has 0 radical (unpaired) electrons. The number of aryl methyl sites for hydroxylation is 1. The van der Waals surface area contributed by atoms with E-state index in [9.17, 15) is 4.79 Å². The van der Waals surface area contributed by atoms with E-state index in [1.807, 2.05) is 18.7 Å². The van der Waals surface area contributed by atoms with Crippen LogP contribution in [0, 0.1) is 0 Å². The van der Waals surface area contributed by atoms with E-state index in [1.54, 1.807) is 0 Å². The molecule has 0 N–H and O–H groups in total. The third kappa shape index (κ3) is 6.62. The Labute approximate surface area is 225 Å². The van der Waals surface area contributed by atoms with Gasteiger partial charge in [0.05, 0.1) is 0 Å². The third-order valence-electron chi connectivity index (χ3n) is 8.80. The molecule has 1 aliphatic heterocycles. The standard InChI is InChI=1S/C19H26NO3.3C4H9.Sn/c1-18(2)13-23-19(3,4)20(18)17(21)22-12-15-10-7-9-14-8-5-6-11-16(14)15;3*1-3-4-2;/h5-6,8,11-12,15H,7,9-10,13H2,1-4H3;3*1,3-4H2,2H3;/t15-;;;;/m1..../s1. The predicted molar refractivity (Wildman–Crippen MR) is 153 cm³/mol. The molecule has 0 spiro atoms. The fourth-order valence-electron chi connectivity index (χ4n) is 6.97. The molecule has 2 aliphatic rings. The molecule has 1 aromatic rings. The van der Waals surface area contributed by atoms with Crippen molar-refractivity contribution in [2.45, 2.75) is 141 Å². The number of ether oxygens (including phenoxy) is 2. The van der Waals surface area contributed by atoms with Gasteiger partial charge < -0.3 is 0 Å². The Morgan fingerprint density at radius 3 is 2.14 bits per heavy atom. The molecule has 1 saturated heterocycles. The zero-order valence-corrected chi connectivity index (χ0v) is 27.2. The summed E-state index contributed by atoms with van der Waals surface area (Å²) in [7, 11) is 0. The predicted octanol–water partition coefficient (Wildman–Crippen LogP) is 8.85. The Morgan fingerprint density at radius 2 is 1.61 bits per heavy atom. The number of nitrogens with zero attached hydrogens (tertiary/aromatic N) is 1. The molecule has 3 rings (SSSR count). The maximum atomic E-state index is 14.2. The van der Waals surface area contributed by atoms with Gasteiger partial charge in [0.1, 0.15) is 0 Å². The summed E-state index contributed by atoms with van der Waals surface area (Å²) in [5.41, 5.74) is 1.92. The minimum absolute atomic E-state index is 0.0881. The van der Waals surface area contributed by atoms with Gasteiger partial charge in [-0.25, -0.2) is 0 Å². The van der Waals surface area contributed by atoms with E-state index in [0.29, 0.717) is 12.5 Å². The van der Waals surface area contributed by atoms with Crippen molar-refractivity contribution < 1.29 is 14.3 Å². The van der Waals surface area contributed by atoms with E-state index in [0.717, 1.165) is 12.8 Å². The quantitative estimate of drug-likeness (QED) is 0.223. The molecule has 4 nitrogen and oxygen atoms in total. The first-order chi connectivity index (χ1) is 17.1. The average Bonchev–Trinajstić information content (AvgIpc) is 3.09. The van der Waals surface area contributed by atoms with Crippen LogP contribution in [0.4, 0.5) is 4.79 Å². The van der Waals surface area contributed by atoms with Crippen LogP contribution in [0.3, 0.4) is 0 Å². The third-order valence-corrected chi connectivity index (χ3v) is 25.3. The second-order valence-electron chi connectivity index (χ2n) is 12.6. The monoisotopic (exact) mass is 607 g/mol. The molecule has 0 bridgehead atoms. The molecule has 0 saturated carbocycles. The van der Waals surface area contributed by atoms with Gasteiger partial charge in [0.2, 0.25) is 0 Å². The van der Waals surface area contributed by atoms with Crippen molar-refractivity contribution in [1.29, 1.82) is 0 Å². The van der Waals surface area contributed by atoms with Crippen LogP contribution >= 0.6 is 0 Å². The van der Waals surface area contributed by atoms with Crippen molar-refractivity contribution in [3.05, 3.63) is 35.4 Å². The van der Waals surface area contributed by atoms with Crippen molar-refractivity contribution >= 4 is 24.5 Å². The summed E-state index contributed by atoms with van der Waals surface area (Å²) in [5, 5.41) is 0. The van der Waals surface area contributed by atoms with E-state index in [-0.39, 0.29) is 15.8 Å². The van der Waals surface area contributed by atoms with Crippen LogP contribution in [-0.4, -0.2) is 51.4 Å². The van der Waals surface area contributed by atoms with E-state index < -0.39 is 24.1 Å². The van der Waals surface area contributed by atoms with Crippen LogP contribution in [0.1, 0.15) is 117 Å². The van der Waals surface area contributed by atoms with Gasteiger partial charge in [-0.3, -0.25) is 0 Å². The number of amides is 1. The first-order valence-electron chi connectivity index (χ1n) is 14.8. The molecule has 204 valence electrons. The van der Waals surface area contributed by atoms with Gasteiger partial charge in [0.25, 0.3) is 0 Å². The Morgan fingerprint density at radius 1 is 1.03 bits per heavy atom. The summed E-state index contributed by atoms with van der Waals surface area (Å²) >= 11 is -2.97. The molecule has 36 heavy (non-hydrogen) atoms. The summed E-state index contributed by atoms with van der Waals surface area (Å²) in [6.45, 7) is 15.7. The topological polar surface area (TPSA) is 38.8 Å². The molecule has 0 unspecified atom stereocenters. The number of carbonyl (C=O) groups excluding carboxylic acids is 1. The van der Waals surface area contributed by atoms with E-state index >= 15 is 0 Å². The minimum atomic E-state index is -2.97. The molecule has 1 amide bonds. The molecular weight excluding hydrogens is 553 g/mol. The molecule has 1 heterocycles. The van der Waals surface area contributed by atoms with Gasteiger partial charge in [-0.2, -0.15) is 0 Å². The normalized spacial score (nSPS) is 21.8. The summed E-state index contributed by atoms with van der Waals surface area (Å²) in [6.07, 6.45) is 10.8. The second kappa shape index (κ2) is 12.9. The van der Waals surface area contributed by atoms with Crippen LogP contribution in [0.2, 0.25) is 13.3 Å². The van der Waals surface area contributed by atoms with Crippen LogP contribution in [0.25, 0.3) is 0 Å². The number of fused-ring (bicyclic) bond motifs is 1. The summed E-state index contributed by atoms with van der Waals surface area (Å²) < 4.78 is 17.2. The molecule has 1 aromatic carbocycles. The van der Waals surface area contributed by atoms with Crippen LogP contribution < -0.4 is 0 Å². The van der Waals surface area contributed by atoms with E-state index in [4.69, 9.17) is 9.47 Å².